The van der Waals surface area contributed by atoms with Crippen molar-refractivity contribution in [1.82, 2.24) is 0 Å². The first-order chi connectivity index (χ1) is 2.64. The van der Waals surface area contributed by atoms with Crippen LogP contribution in [0.3, 0.4) is 0 Å². The molecule has 35 valence electrons. The van der Waals surface area contributed by atoms with Gasteiger partial charge in [0.1, 0.15) is 0 Å². The van der Waals surface area contributed by atoms with Gasteiger partial charge in [-0.1, -0.05) is 5.57 Å². The van der Waals surface area contributed by atoms with Crippen molar-refractivity contribution in [3.8, 4) is 0 Å². The second-order valence-electron chi connectivity index (χ2n) is 1.04. The van der Waals surface area contributed by atoms with Crippen LogP contribution in [0, 0.1) is 6.92 Å². The minimum atomic E-state index is 0.940. The molecule has 0 atom stereocenters. The average Bonchev–Trinajstić information content (AvgIpc) is 1.36. The number of hydrogen-bond donors (Lipinski definition) is 0. The van der Waals surface area contributed by atoms with E-state index in [1.807, 2.05) is 6.92 Å². The molecule has 0 saturated heterocycles. The van der Waals surface area contributed by atoms with Crippen molar-refractivity contribution >= 4 is 31.9 Å². The predicted octanol–water partition coefficient (Wildman–Crippen LogP) is 2.84. The van der Waals surface area contributed by atoms with E-state index in [1.54, 1.807) is 0 Å². The van der Waals surface area contributed by atoms with E-state index in [0.29, 0.717) is 0 Å². The van der Waals surface area contributed by atoms with Crippen LogP contribution in [0.1, 0.15) is 6.92 Å². The summed E-state index contributed by atoms with van der Waals surface area (Å²) in [5, 5.41) is 0. The van der Waals surface area contributed by atoms with E-state index in [-0.39, 0.29) is 0 Å². The molecule has 0 heterocycles. The Labute approximate surface area is 54.9 Å². The summed E-state index contributed by atoms with van der Waals surface area (Å²) >= 11 is 6.34. The minimum absolute atomic E-state index is 0.940. The fourth-order valence-electron chi connectivity index (χ4n) is 0. The Morgan fingerprint density at radius 2 is 1.67 bits per heavy atom. The summed E-state index contributed by atoms with van der Waals surface area (Å²) in [5.74, 6) is 0. The van der Waals surface area contributed by atoms with Gasteiger partial charge in [-0.15, -0.1) is 0 Å². The lowest BCUT2D eigenvalue weighted by atomic mass is 10.4. The molecule has 0 aromatic rings. The van der Waals surface area contributed by atoms with Crippen molar-refractivity contribution < 1.29 is 0 Å². The first-order valence-corrected chi connectivity index (χ1v) is 3.07. The molecule has 0 spiro atoms. The molecular formula is C4H5Br2. The molecule has 0 N–H and O–H groups in total. The number of hydrogen-bond acceptors (Lipinski definition) is 0. The first kappa shape index (κ1) is 6.70. The molecule has 2 heteroatoms. The van der Waals surface area contributed by atoms with Gasteiger partial charge in [-0.2, -0.15) is 0 Å². The van der Waals surface area contributed by atoms with Crippen molar-refractivity contribution in [2.45, 2.75) is 6.92 Å². The summed E-state index contributed by atoms with van der Waals surface area (Å²) in [7, 11) is 0. The largest absolute Gasteiger partial charge is 0.0593 e. The van der Waals surface area contributed by atoms with Crippen molar-refractivity contribution in [2.75, 3.05) is 0 Å². The molecule has 6 heavy (non-hydrogen) atoms. The number of rotatable bonds is 0. The third-order valence-electron chi connectivity index (χ3n) is 0.323. The van der Waals surface area contributed by atoms with Crippen LogP contribution in [0.15, 0.2) is 8.96 Å². The summed E-state index contributed by atoms with van der Waals surface area (Å²) < 4.78 is 0.940. The molecule has 0 aliphatic rings. The van der Waals surface area contributed by atoms with E-state index >= 15 is 0 Å². The molecule has 0 fully saturated rings. The summed E-state index contributed by atoms with van der Waals surface area (Å²) in [6, 6.07) is 0. The zero-order valence-electron chi connectivity index (χ0n) is 3.46. The Morgan fingerprint density at radius 3 is 1.67 bits per heavy atom. The predicted molar refractivity (Wildman–Crippen MR) is 35.9 cm³/mol. The molecule has 0 saturated carbocycles. The molecule has 0 amide bonds. The second kappa shape index (κ2) is 2.80. The number of halogens is 2. The van der Waals surface area contributed by atoms with Gasteiger partial charge >= 0.3 is 0 Å². The van der Waals surface area contributed by atoms with E-state index in [0.717, 1.165) is 8.96 Å². The molecule has 0 nitrogen and oxygen atoms in total. The molecular weight excluding hydrogens is 208 g/mol. The van der Waals surface area contributed by atoms with Gasteiger partial charge in [0.15, 0.2) is 0 Å². The molecule has 0 aliphatic heterocycles. The maximum absolute atomic E-state index is 3.62. The highest BCUT2D eigenvalue weighted by Crippen LogP contribution is 2.16. The van der Waals surface area contributed by atoms with Crippen LogP contribution in [0.5, 0.6) is 0 Å². The van der Waals surface area contributed by atoms with Gasteiger partial charge in [-0.3, -0.25) is 0 Å². The van der Waals surface area contributed by atoms with Crippen molar-refractivity contribution in [3.63, 3.8) is 0 Å². The van der Waals surface area contributed by atoms with Crippen LogP contribution >= 0.6 is 31.9 Å². The summed E-state index contributed by atoms with van der Waals surface area (Å²) in [6.45, 7) is 5.54. The lowest BCUT2D eigenvalue weighted by Crippen LogP contribution is -1.58. The third kappa shape index (κ3) is 2.91. The minimum Gasteiger partial charge on any atom is -0.0517 e. The van der Waals surface area contributed by atoms with E-state index in [2.05, 4.69) is 38.8 Å². The Bertz CT molecular complexity index is 55.6. The van der Waals surface area contributed by atoms with Gasteiger partial charge in [-0.25, -0.2) is 0 Å². The van der Waals surface area contributed by atoms with Gasteiger partial charge in [0.25, 0.3) is 0 Å². The molecule has 0 unspecified atom stereocenters. The highest BCUT2D eigenvalue weighted by atomic mass is 79.9. The van der Waals surface area contributed by atoms with Crippen molar-refractivity contribution in [3.05, 3.63) is 15.9 Å². The molecule has 1 radical (unpaired) electrons. The maximum Gasteiger partial charge on any atom is 0.0593 e. The summed E-state index contributed by atoms with van der Waals surface area (Å²) in [5.41, 5.74) is 1.01. The van der Waals surface area contributed by atoms with Gasteiger partial charge in [-0.05, 0) is 45.7 Å². The van der Waals surface area contributed by atoms with Crippen LogP contribution in [0.4, 0.5) is 0 Å². The Balaban J connectivity index is 3.68. The quantitative estimate of drug-likeness (QED) is 0.580. The molecule has 0 aromatic carbocycles. The zero-order valence-corrected chi connectivity index (χ0v) is 6.64. The van der Waals surface area contributed by atoms with Crippen LogP contribution < -0.4 is 0 Å². The maximum atomic E-state index is 3.62. The topological polar surface area (TPSA) is 0 Å². The second-order valence-corrected chi connectivity index (χ2v) is 3.69. The normalized spacial score (nSPS) is 8.00. The molecule has 0 rings (SSSR count). The standard InChI is InChI=1S/C4H5Br2/c1-3(2)4(5)6/h1H2,2H3. The Hall–Kier alpha value is 0.700. The first-order valence-electron chi connectivity index (χ1n) is 1.48. The lowest BCUT2D eigenvalue weighted by molar-refractivity contribution is 1.56. The van der Waals surface area contributed by atoms with Crippen LogP contribution in [0.2, 0.25) is 0 Å². The van der Waals surface area contributed by atoms with Crippen LogP contribution in [-0.4, -0.2) is 0 Å². The Kier molecular flexibility index (Phi) is 3.13. The molecule has 0 bridgehead atoms. The fourth-order valence-corrected chi connectivity index (χ4v) is 0. The molecule has 0 aliphatic carbocycles. The SMILES string of the molecule is [CH2]C(C)=C(Br)Br. The van der Waals surface area contributed by atoms with E-state index < -0.39 is 0 Å². The zero-order chi connectivity index (χ0) is 5.15. The van der Waals surface area contributed by atoms with Gasteiger partial charge in [0.2, 0.25) is 0 Å². The van der Waals surface area contributed by atoms with Crippen molar-refractivity contribution in [2.24, 2.45) is 0 Å². The Morgan fingerprint density at radius 1 is 1.50 bits per heavy atom. The van der Waals surface area contributed by atoms with E-state index in [4.69, 9.17) is 0 Å². The van der Waals surface area contributed by atoms with Gasteiger partial charge in [0.05, 0.1) is 3.39 Å². The van der Waals surface area contributed by atoms with Crippen LogP contribution in [-0.2, 0) is 0 Å². The summed E-state index contributed by atoms with van der Waals surface area (Å²) in [6.07, 6.45) is 0. The molecule has 0 aromatic heterocycles. The summed E-state index contributed by atoms with van der Waals surface area (Å²) in [4.78, 5) is 0. The average molecular weight is 213 g/mol. The fraction of sp³-hybridized carbons (Fsp3) is 0.250. The van der Waals surface area contributed by atoms with Crippen molar-refractivity contribution in [1.29, 1.82) is 0 Å². The van der Waals surface area contributed by atoms with Crippen LogP contribution in [0.25, 0.3) is 0 Å². The van der Waals surface area contributed by atoms with Gasteiger partial charge < -0.3 is 0 Å². The van der Waals surface area contributed by atoms with E-state index in [1.165, 1.54) is 0 Å². The van der Waals surface area contributed by atoms with Gasteiger partial charge in [0, 0.05) is 0 Å². The number of allylic oxidation sites excluding steroid dienone is 1. The highest BCUT2D eigenvalue weighted by Gasteiger charge is 1.80. The highest BCUT2D eigenvalue weighted by molar-refractivity contribution is 9.28. The van der Waals surface area contributed by atoms with E-state index in [9.17, 15) is 0 Å². The third-order valence-corrected chi connectivity index (χ3v) is 1.68. The monoisotopic (exact) mass is 211 g/mol. The lowest BCUT2D eigenvalue weighted by Gasteiger charge is -1.82. The smallest absolute Gasteiger partial charge is 0.0517 e.